The molecule has 0 radical (unpaired) electrons. The maximum absolute atomic E-state index is 14.4. The maximum Gasteiger partial charge on any atom is 0.248 e. The van der Waals surface area contributed by atoms with Crippen molar-refractivity contribution in [2.24, 2.45) is 11.8 Å². The Hall–Kier alpha value is -2.97. The van der Waals surface area contributed by atoms with Gasteiger partial charge in [-0.25, -0.2) is 0 Å². The zero-order chi connectivity index (χ0) is 29.1. The fourth-order valence-corrected chi connectivity index (χ4v) is 7.47. The van der Waals surface area contributed by atoms with Crippen LogP contribution in [0, 0.1) is 11.8 Å². The van der Waals surface area contributed by atoms with Gasteiger partial charge in [-0.1, -0.05) is 62.8 Å². The Morgan fingerprint density at radius 1 is 1.15 bits per heavy atom. The summed E-state index contributed by atoms with van der Waals surface area (Å²) in [6, 6.07) is 8.81. The van der Waals surface area contributed by atoms with Crippen LogP contribution >= 0.6 is 0 Å². The fraction of sp³-hybridized carbons (Fsp3) is 0.594. The molecule has 0 saturated carbocycles. The lowest BCUT2D eigenvalue weighted by Gasteiger charge is -2.38. The predicted octanol–water partition coefficient (Wildman–Crippen LogP) is 3.55. The minimum atomic E-state index is -1.11. The zero-order valence-corrected chi connectivity index (χ0v) is 24.3. The van der Waals surface area contributed by atoms with E-state index in [1.165, 1.54) is 4.90 Å². The number of ether oxygens (including phenoxy) is 1. The van der Waals surface area contributed by atoms with Gasteiger partial charge in [0.05, 0.1) is 24.0 Å². The minimum Gasteiger partial charge on any atom is -0.395 e. The number of rotatable bonds is 14. The van der Waals surface area contributed by atoms with Gasteiger partial charge in [-0.15, -0.1) is 13.2 Å². The van der Waals surface area contributed by atoms with Crippen LogP contribution in [-0.4, -0.2) is 87.1 Å². The Morgan fingerprint density at radius 2 is 1.85 bits per heavy atom. The summed E-state index contributed by atoms with van der Waals surface area (Å²) in [5.74, 6) is -2.13. The number of carbonyl (C=O) groups excluding carboxylic acids is 3. The molecule has 3 amide bonds. The lowest BCUT2D eigenvalue weighted by atomic mass is 9.64. The lowest BCUT2D eigenvalue weighted by molar-refractivity contribution is -0.156. The third kappa shape index (κ3) is 4.90. The van der Waals surface area contributed by atoms with Gasteiger partial charge in [0.1, 0.15) is 11.6 Å². The van der Waals surface area contributed by atoms with Crippen LogP contribution in [0.3, 0.4) is 0 Å². The molecule has 3 fully saturated rings. The number of benzene rings is 1. The van der Waals surface area contributed by atoms with Gasteiger partial charge in [0, 0.05) is 32.2 Å². The van der Waals surface area contributed by atoms with Crippen LogP contribution in [0.1, 0.15) is 58.4 Å². The molecule has 3 aliphatic rings. The van der Waals surface area contributed by atoms with Gasteiger partial charge in [-0.3, -0.25) is 14.4 Å². The number of hydrogen-bond donors (Lipinski definition) is 1. The first-order valence-electron chi connectivity index (χ1n) is 14.7. The Bertz CT molecular complexity index is 1110. The second-order valence-corrected chi connectivity index (χ2v) is 11.5. The van der Waals surface area contributed by atoms with Crippen LogP contribution in [0.25, 0.3) is 0 Å². The number of hydrogen-bond acceptors (Lipinski definition) is 5. The summed E-state index contributed by atoms with van der Waals surface area (Å²) in [6.07, 6.45) is 6.80. The molecule has 8 heteroatoms. The molecule has 1 spiro atoms. The van der Waals surface area contributed by atoms with Crippen LogP contribution < -0.4 is 0 Å². The molecule has 4 rings (SSSR count). The summed E-state index contributed by atoms with van der Waals surface area (Å²) in [5.41, 5.74) is -0.951. The van der Waals surface area contributed by atoms with Gasteiger partial charge in [-0.05, 0) is 38.2 Å². The van der Waals surface area contributed by atoms with E-state index in [1.807, 2.05) is 44.2 Å². The molecule has 1 N–H and O–H groups in total. The van der Waals surface area contributed by atoms with Crippen molar-refractivity contribution in [3.8, 4) is 0 Å². The second kappa shape index (κ2) is 12.3. The summed E-state index contributed by atoms with van der Waals surface area (Å²) in [7, 11) is 0. The molecule has 3 heterocycles. The molecule has 0 aromatic heterocycles. The molecule has 1 aromatic carbocycles. The standard InChI is InChI=1S/C32H45N3O5/c1-6-13-23(5)34(19-8-3)30(39)27-32-17-16-31(9-4,40-32)25(26(32)29(38)35(27)20-21-36)28(37)33(18-7-2)22-24-14-11-10-12-15-24/h7-8,10-12,14-15,23,25-27,36H,2-3,6,9,13,16-22H2,1,4-5H3/t23?,25-,26+,27?,31+,32?/m1/s1. The SMILES string of the molecule is C=CCN(Cc1ccccc1)C(=O)[C@H]1[C@H]2C(=O)N(CCO)C(C(=O)N(CC=C)C(C)CCC)C23CC[C@]1(CC)O3. The molecule has 6 atom stereocenters. The highest BCUT2D eigenvalue weighted by Crippen LogP contribution is 2.64. The first kappa shape index (κ1) is 30.0. The summed E-state index contributed by atoms with van der Waals surface area (Å²) in [5, 5.41) is 9.94. The van der Waals surface area contributed by atoms with Crippen molar-refractivity contribution in [2.75, 3.05) is 26.2 Å². The Kier molecular flexibility index (Phi) is 9.20. The second-order valence-electron chi connectivity index (χ2n) is 11.5. The molecule has 218 valence electrons. The van der Waals surface area contributed by atoms with E-state index >= 15 is 0 Å². The quantitative estimate of drug-likeness (QED) is 0.357. The average molecular weight is 552 g/mol. The van der Waals surface area contributed by atoms with Crippen molar-refractivity contribution in [2.45, 2.75) is 82.7 Å². The third-order valence-corrected chi connectivity index (χ3v) is 9.25. The number of β-amino-alcohol motifs (C(OH)–C–C–N with tert-alkyl or cyclic N) is 1. The first-order chi connectivity index (χ1) is 19.2. The summed E-state index contributed by atoms with van der Waals surface area (Å²) < 4.78 is 6.89. The maximum atomic E-state index is 14.4. The molecule has 1 aromatic rings. The highest BCUT2D eigenvalue weighted by atomic mass is 16.5. The normalized spacial score (nSPS) is 29.2. The lowest BCUT2D eigenvalue weighted by Crippen LogP contribution is -2.58. The zero-order valence-electron chi connectivity index (χ0n) is 24.3. The Labute approximate surface area is 238 Å². The van der Waals surface area contributed by atoms with Gasteiger partial charge in [0.25, 0.3) is 0 Å². The van der Waals surface area contributed by atoms with Gasteiger partial charge in [0.15, 0.2) is 0 Å². The molecule has 8 nitrogen and oxygen atoms in total. The van der Waals surface area contributed by atoms with Gasteiger partial charge in [-0.2, -0.15) is 0 Å². The van der Waals surface area contributed by atoms with Crippen molar-refractivity contribution >= 4 is 17.7 Å². The van der Waals surface area contributed by atoms with Gasteiger partial charge >= 0.3 is 0 Å². The van der Waals surface area contributed by atoms with Crippen molar-refractivity contribution in [3.05, 3.63) is 61.2 Å². The van der Waals surface area contributed by atoms with E-state index in [2.05, 4.69) is 20.1 Å². The van der Waals surface area contributed by atoms with Gasteiger partial charge in [0.2, 0.25) is 17.7 Å². The highest BCUT2D eigenvalue weighted by molar-refractivity contribution is 5.99. The molecular formula is C32H45N3O5. The van der Waals surface area contributed by atoms with E-state index in [9.17, 15) is 19.5 Å². The Morgan fingerprint density at radius 3 is 2.45 bits per heavy atom. The molecule has 40 heavy (non-hydrogen) atoms. The number of carbonyl (C=O) groups is 3. The molecule has 3 saturated heterocycles. The van der Waals surface area contributed by atoms with E-state index in [1.54, 1.807) is 22.0 Å². The van der Waals surface area contributed by atoms with Crippen molar-refractivity contribution in [1.29, 1.82) is 0 Å². The largest absolute Gasteiger partial charge is 0.395 e. The predicted molar refractivity (Wildman–Crippen MR) is 154 cm³/mol. The topological polar surface area (TPSA) is 90.4 Å². The minimum absolute atomic E-state index is 0.0152. The molecule has 3 aliphatic heterocycles. The fourth-order valence-electron chi connectivity index (χ4n) is 7.47. The molecular weight excluding hydrogens is 506 g/mol. The van der Waals surface area contributed by atoms with E-state index in [-0.39, 0.29) is 36.9 Å². The van der Waals surface area contributed by atoms with E-state index in [4.69, 9.17) is 4.74 Å². The molecule has 3 unspecified atom stereocenters. The van der Waals surface area contributed by atoms with Crippen molar-refractivity contribution < 1.29 is 24.2 Å². The van der Waals surface area contributed by atoms with Crippen LogP contribution in [0.5, 0.6) is 0 Å². The van der Waals surface area contributed by atoms with Crippen LogP contribution in [0.4, 0.5) is 0 Å². The summed E-state index contributed by atoms with van der Waals surface area (Å²) in [4.78, 5) is 48.0. The number of aliphatic hydroxyl groups is 1. The van der Waals surface area contributed by atoms with Crippen molar-refractivity contribution in [1.82, 2.24) is 14.7 Å². The van der Waals surface area contributed by atoms with E-state index in [0.29, 0.717) is 38.9 Å². The van der Waals surface area contributed by atoms with Crippen LogP contribution in [-0.2, 0) is 25.7 Å². The van der Waals surface area contributed by atoms with E-state index < -0.39 is 29.1 Å². The summed E-state index contributed by atoms with van der Waals surface area (Å²) in [6.45, 7) is 14.6. The number of fused-ring (bicyclic) bond motifs is 1. The van der Waals surface area contributed by atoms with Crippen molar-refractivity contribution in [3.63, 3.8) is 0 Å². The number of nitrogens with zero attached hydrogens (tertiary/aromatic N) is 3. The van der Waals surface area contributed by atoms with Gasteiger partial charge < -0.3 is 24.5 Å². The van der Waals surface area contributed by atoms with E-state index in [0.717, 1.165) is 18.4 Å². The number of likely N-dealkylation sites (tertiary alicyclic amines) is 1. The number of amides is 3. The molecule has 2 bridgehead atoms. The third-order valence-electron chi connectivity index (χ3n) is 9.25. The number of aliphatic hydroxyl groups excluding tert-OH is 1. The Balaban J connectivity index is 1.76. The van der Waals surface area contributed by atoms with Crippen LogP contribution in [0.2, 0.25) is 0 Å². The first-order valence-corrected chi connectivity index (χ1v) is 14.7. The smallest absolute Gasteiger partial charge is 0.248 e. The van der Waals surface area contributed by atoms with Crippen LogP contribution in [0.15, 0.2) is 55.6 Å². The highest BCUT2D eigenvalue weighted by Gasteiger charge is 2.79. The monoisotopic (exact) mass is 551 g/mol. The summed E-state index contributed by atoms with van der Waals surface area (Å²) >= 11 is 0. The molecule has 0 aliphatic carbocycles. The average Bonchev–Trinajstić information content (AvgIpc) is 3.55.